The highest BCUT2D eigenvalue weighted by Gasteiger charge is 2.17. The zero-order chi connectivity index (χ0) is 11.0. The smallest absolute Gasteiger partial charge is 0.396 e. The Bertz CT molecular complexity index is 551. The molecule has 2 heterocycles. The quantitative estimate of drug-likeness (QED) is 0.867. The van der Waals surface area contributed by atoms with Crippen molar-refractivity contribution in [2.24, 2.45) is 0 Å². The van der Waals surface area contributed by atoms with E-state index >= 15 is 0 Å². The number of para-hydroxylation sites is 1. The molecule has 3 nitrogen and oxygen atoms in total. The first-order valence-corrected chi connectivity index (χ1v) is 6.39. The van der Waals surface area contributed by atoms with Crippen molar-refractivity contribution in [3.05, 3.63) is 33.5 Å². The van der Waals surface area contributed by atoms with Crippen LogP contribution in [0.2, 0.25) is 0 Å². The third kappa shape index (κ3) is 1.79. The minimum absolute atomic E-state index is 0.207. The van der Waals surface area contributed by atoms with Crippen LogP contribution in [-0.2, 0) is 6.42 Å². The second-order valence-corrected chi connectivity index (χ2v) is 5.17. The van der Waals surface area contributed by atoms with Crippen LogP contribution in [0.3, 0.4) is 0 Å². The average molecular weight is 235 g/mol. The summed E-state index contributed by atoms with van der Waals surface area (Å²) in [6, 6.07) is 6.53. The van der Waals surface area contributed by atoms with Gasteiger partial charge < -0.3 is 9.73 Å². The lowest BCUT2D eigenvalue weighted by Gasteiger charge is -2.09. The maximum absolute atomic E-state index is 11.2. The van der Waals surface area contributed by atoms with E-state index in [1.165, 1.54) is 24.2 Å². The van der Waals surface area contributed by atoms with Gasteiger partial charge in [0.05, 0.1) is 4.70 Å². The summed E-state index contributed by atoms with van der Waals surface area (Å²) in [5, 5.41) is 3.46. The predicted octanol–water partition coefficient (Wildman–Crippen LogP) is 2.15. The summed E-state index contributed by atoms with van der Waals surface area (Å²) in [4.78, 5) is 11.0. The Kier molecular flexibility index (Phi) is 2.53. The van der Waals surface area contributed by atoms with Gasteiger partial charge >= 0.3 is 4.94 Å². The lowest BCUT2D eigenvalue weighted by molar-refractivity contribution is 0.565. The molecule has 0 spiro atoms. The Labute approximate surface area is 97.1 Å². The third-order valence-electron chi connectivity index (χ3n) is 3.07. The van der Waals surface area contributed by atoms with E-state index in [1.54, 1.807) is 0 Å². The van der Waals surface area contributed by atoms with Gasteiger partial charge in [-0.1, -0.05) is 23.5 Å². The molecule has 0 aliphatic carbocycles. The number of fused-ring (bicyclic) bond motifs is 1. The average Bonchev–Trinajstić information content (AvgIpc) is 2.86. The molecule has 3 rings (SSSR count). The van der Waals surface area contributed by atoms with E-state index in [0.29, 0.717) is 6.04 Å². The van der Waals surface area contributed by atoms with Crippen molar-refractivity contribution >= 4 is 21.6 Å². The van der Waals surface area contributed by atoms with E-state index in [1.807, 2.05) is 12.1 Å². The molecule has 84 valence electrons. The Hall–Kier alpha value is -1.13. The van der Waals surface area contributed by atoms with Gasteiger partial charge in [0.1, 0.15) is 0 Å². The summed E-state index contributed by atoms with van der Waals surface area (Å²) >= 11 is 1.18. The van der Waals surface area contributed by atoms with Gasteiger partial charge in [0.25, 0.3) is 0 Å². The molecular formula is C12H13NO2S. The monoisotopic (exact) mass is 235 g/mol. The van der Waals surface area contributed by atoms with Gasteiger partial charge in [0, 0.05) is 6.04 Å². The van der Waals surface area contributed by atoms with Gasteiger partial charge in [0.15, 0.2) is 5.58 Å². The molecule has 1 aliphatic rings. The lowest BCUT2D eigenvalue weighted by Crippen LogP contribution is -2.23. The normalized spacial score (nSPS) is 20.6. The Morgan fingerprint density at radius 1 is 1.50 bits per heavy atom. The molecule has 0 amide bonds. The van der Waals surface area contributed by atoms with Crippen LogP contribution in [0, 0.1) is 0 Å². The van der Waals surface area contributed by atoms with Crippen molar-refractivity contribution in [3.8, 4) is 0 Å². The Morgan fingerprint density at radius 2 is 2.44 bits per heavy atom. The van der Waals surface area contributed by atoms with Crippen molar-refractivity contribution in [2.45, 2.75) is 25.3 Å². The largest absolute Gasteiger partial charge is 0.414 e. The molecule has 1 unspecified atom stereocenters. The molecule has 4 heteroatoms. The van der Waals surface area contributed by atoms with Crippen LogP contribution in [0.15, 0.2) is 27.4 Å². The second kappa shape index (κ2) is 4.03. The summed E-state index contributed by atoms with van der Waals surface area (Å²) in [6.07, 6.45) is 3.41. The number of benzene rings is 1. The van der Waals surface area contributed by atoms with Crippen LogP contribution in [0.4, 0.5) is 0 Å². The van der Waals surface area contributed by atoms with Gasteiger partial charge in [-0.3, -0.25) is 0 Å². The summed E-state index contributed by atoms with van der Waals surface area (Å²) < 4.78 is 6.20. The summed E-state index contributed by atoms with van der Waals surface area (Å²) in [5.41, 5.74) is 1.93. The van der Waals surface area contributed by atoms with Crippen LogP contribution in [0.5, 0.6) is 0 Å². The Balaban J connectivity index is 1.98. The number of hydrogen-bond acceptors (Lipinski definition) is 4. The highest BCUT2D eigenvalue weighted by molar-refractivity contribution is 7.16. The van der Waals surface area contributed by atoms with E-state index in [4.69, 9.17) is 4.42 Å². The van der Waals surface area contributed by atoms with E-state index in [9.17, 15) is 4.79 Å². The van der Waals surface area contributed by atoms with Gasteiger partial charge in [-0.05, 0) is 37.4 Å². The van der Waals surface area contributed by atoms with Crippen LogP contribution in [-0.4, -0.2) is 12.6 Å². The molecule has 1 aromatic carbocycles. The number of rotatable bonds is 2. The van der Waals surface area contributed by atoms with Crippen molar-refractivity contribution in [1.29, 1.82) is 0 Å². The second-order valence-electron chi connectivity index (χ2n) is 4.20. The molecule has 1 fully saturated rings. The van der Waals surface area contributed by atoms with Gasteiger partial charge in [-0.15, -0.1) is 0 Å². The highest BCUT2D eigenvalue weighted by Crippen LogP contribution is 2.23. The molecule has 1 N–H and O–H groups in total. The molecule has 16 heavy (non-hydrogen) atoms. The summed E-state index contributed by atoms with van der Waals surface area (Å²) in [7, 11) is 0. The molecule has 1 atom stereocenters. The topological polar surface area (TPSA) is 42.2 Å². The van der Waals surface area contributed by atoms with Crippen LogP contribution >= 0.6 is 11.3 Å². The fourth-order valence-corrected chi connectivity index (χ4v) is 3.03. The molecule has 1 saturated heterocycles. The van der Waals surface area contributed by atoms with Gasteiger partial charge in [0.2, 0.25) is 0 Å². The fraction of sp³-hybridized carbons (Fsp3) is 0.417. The molecule has 0 bridgehead atoms. The van der Waals surface area contributed by atoms with Crippen molar-refractivity contribution in [2.75, 3.05) is 6.54 Å². The maximum Gasteiger partial charge on any atom is 0.396 e. The van der Waals surface area contributed by atoms with Gasteiger partial charge in [-0.2, -0.15) is 0 Å². The summed E-state index contributed by atoms with van der Waals surface area (Å²) in [5.74, 6) is 0. The minimum atomic E-state index is -0.207. The van der Waals surface area contributed by atoms with Crippen LogP contribution < -0.4 is 10.3 Å². The molecule has 0 saturated carbocycles. The van der Waals surface area contributed by atoms with E-state index in [-0.39, 0.29) is 4.94 Å². The molecule has 1 aliphatic heterocycles. The first kappa shape index (κ1) is 10.1. The SMILES string of the molecule is O=c1oc2c(CC3CCCN3)cccc2s1. The van der Waals surface area contributed by atoms with Crippen LogP contribution in [0.1, 0.15) is 18.4 Å². The lowest BCUT2D eigenvalue weighted by atomic mass is 10.0. The van der Waals surface area contributed by atoms with Gasteiger partial charge in [-0.25, -0.2) is 4.79 Å². The van der Waals surface area contributed by atoms with Crippen molar-refractivity contribution in [1.82, 2.24) is 5.32 Å². The zero-order valence-electron chi connectivity index (χ0n) is 8.86. The van der Waals surface area contributed by atoms with E-state index in [0.717, 1.165) is 28.8 Å². The van der Waals surface area contributed by atoms with E-state index in [2.05, 4.69) is 11.4 Å². The molecule has 2 aromatic rings. The fourth-order valence-electron chi connectivity index (χ4n) is 2.31. The Morgan fingerprint density at radius 3 is 3.25 bits per heavy atom. The number of nitrogens with one attached hydrogen (secondary N) is 1. The van der Waals surface area contributed by atoms with Crippen molar-refractivity contribution < 1.29 is 4.42 Å². The molecular weight excluding hydrogens is 222 g/mol. The van der Waals surface area contributed by atoms with E-state index < -0.39 is 0 Å². The molecule has 1 aromatic heterocycles. The maximum atomic E-state index is 11.2. The first-order valence-electron chi connectivity index (χ1n) is 5.58. The molecule has 0 radical (unpaired) electrons. The third-order valence-corrected chi connectivity index (χ3v) is 3.86. The summed E-state index contributed by atoms with van der Waals surface area (Å²) in [6.45, 7) is 1.11. The highest BCUT2D eigenvalue weighted by atomic mass is 32.1. The predicted molar refractivity (Wildman–Crippen MR) is 65.1 cm³/mol. The number of hydrogen-bond donors (Lipinski definition) is 1. The minimum Gasteiger partial charge on any atom is -0.414 e. The first-order chi connectivity index (χ1) is 7.83. The van der Waals surface area contributed by atoms with Crippen LogP contribution in [0.25, 0.3) is 10.3 Å². The zero-order valence-corrected chi connectivity index (χ0v) is 9.68. The standard InChI is InChI=1S/C12H13NO2S/c14-12-15-11-8(3-1-5-10(11)16-12)7-9-4-2-6-13-9/h1,3,5,9,13H,2,4,6-7H2. The van der Waals surface area contributed by atoms with Crippen molar-refractivity contribution in [3.63, 3.8) is 0 Å².